The molecule has 1 atom stereocenters. The number of ether oxygens (including phenoxy) is 1. The van der Waals surface area contributed by atoms with Gasteiger partial charge in [-0.2, -0.15) is 0 Å². The van der Waals surface area contributed by atoms with Crippen LogP contribution < -0.4 is 10.5 Å². The number of rotatable bonds is 6. The fourth-order valence-electron chi connectivity index (χ4n) is 1.52. The van der Waals surface area contributed by atoms with E-state index in [0.29, 0.717) is 0 Å². The van der Waals surface area contributed by atoms with Crippen molar-refractivity contribution < 1.29 is 18.3 Å². The molecule has 7 heteroatoms. The number of aliphatic hydroxyl groups excluding tert-OH is 1. The fraction of sp³-hybridized carbons (Fsp3) is 0.455. The molecule has 0 aromatic heterocycles. The molecule has 0 aliphatic rings. The van der Waals surface area contributed by atoms with Crippen molar-refractivity contribution in [2.75, 3.05) is 26.1 Å². The summed E-state index contributed by atoms with van der Waals surface area (Å²) in [5, 5.41) is 9.04. The highest BCUT2D eigenvalue weighted by Crippen LogP contribution is 2.19. The van der Waals surface area contributed by atoms with Crippen molar-refractivity contribution in [2.45, 2.75) is 17.9 Å². The van der Waals surface area contributed by atoms with Crippen molar-refractivity contribution in [3.05, 3.63) is 23.8 Å². The standard InChI is InChI=1S/C11H18N2O4S/c1-8-3-4-11(10(12)5-8)18(15,16)13-9(6-14)7-17-2/h3-5,9,13-14H,6-7,12H2,1-2H3. The van der Waals surface area contributed by atoms with Crippen molar-refractivity contribution in [1.29, 1.82) is 0 Å². The van der Waals surface area contributed by atoms with Crippen molar-refractivity contribution in [2.24, 2.45) is 0 Å². The first-order chi connectivity index (χ1) is 8.40. The number of benzene rings is 1. The maximum absolute atomic E-state index is 12.1. The van der Waals surface area contributed by atoms with Crippen LogP contribution >= 0.6 is 0 Å². The first-order valence-corrected chi connectivity index (χ1v) is 6.87. The van der Waals surface area contributed by atoms with Crippen LogP contribution in [0.5, 0.6) is 0 Å². The summed E-state index contributed by atoms with van der Waals surface area (Å²) in [6.07, 6.45) is 0. The van der Waals surface area contributed by atoms with Crippen LogP contribution in [0.3, 0.4) is 0 Å². The maximum Gasteiger partial charge on any atom is 0.243 e. The van der Waals surface area contributed by atoms with Crippen LogP contribution in [0.25, 0.3) is 0 Å². The highest BCUT2D eigenvalue weighted by Gasteiger charge is 2.21. The molecule has 0 bridgehead atoms. The van der Waals surface area contributed by atoms with Crippen LogP contribution in [0.2, 0.25) is 0 Å². The van der Waals surface area contributed by atoms with Gasteiger partial charge in [0.25, 0.3) is 0 Å². The predicted molar refractivity (Wildman–Crippen MR) is 68.7 cm³/mol. The molecule has 6 nitrogen and oxygen atoms in total. The Hall–Kier alpha value is -1.15. The second-order valence-corrected chi connectivity index (χ2v) is 5.68. The molecule has 1 aromatic rings. The van der Waals surface area contributed by atoms with Gasteiger partial charge in [-0.3, -0.25) is 0 Å². The Morgan fingerprint density at radius 1 is 1.50 bits per heavy atom. The van der Waals surface area contributed by atoms with E-state index in [4.69, 9.17) is 15.6 Å². The highest BCUT2D eigenvalue weighted by molar-refractivity contribution is 7.89. The van der Waals surface area contributed by atoms with Crippen LogP contribution in [0, 0.1) is 6.92 Å². The van der Waals surface area contributed by atoms with E-state index in [1.54, 1.807) is 12.1 Å². The number of nitrogens with two attached hydrogens (primary N) is 1. The lowest BCUT2D eigenvalue weighted by molar-refractivity contribution is 0.139. The largest absolute Gasteiger partial charge is 0.398 e. The number of hydrogen-bond donors (Lipinski definition) is 3. The molecule has 0 fully saturated rings. The molecule has 0 heterocycles. The summed E-state index contributed by atoms with van der Waals surface area (Å²) in [5.74, 6) is 0. The lowest BCUT2D eigenvalue weighted by atomic mass is 10.2. The zero-order valence-electron chi connectivity index (χ0n) is 10.4. The Kier molecular flexibility index (Phi) is 5.09. The molecule has 0 saturated heterocycles. The molecule has 0 aliphatic carbocycles. The molecule has 1 unspecified atom stereocenters. The fourth-order valence-corrected chi connectivity index (χ4v) is 2.85. The average molecular weight is 274 g/mol. The summed E-state index contributed by atoms with van der Waals surface area (Å²) >= 11 is 0. The van der Waals surface area contributed by atoms with Gasteiger partial charge in [0.05, 0.1) is 24.9 Å². The van der Waals surface area contributed by atoms with E-state index in [2.05, 4.69) is 4.72 Å². The minimum absolute atomic E-state index is 0.00246. The van der Waals surface area contributed by atoms with Crippen LogP contribution in [0.15, 0.2) is 23.1 Å². The van der Waals surface area contributed by atoms with Gasteiger partial charge in [0, 0.05) is 7.11 Å². The lowest BCUT2D eigenvalue weighted by Gasteiger charge is -2.16. The summed E-state index contributed by atoms with van der Waals surface area (Å²) < 4.78 is 31.2. The Bertz CT molecular complexity index is 502. The van der Waals surface area contributed by atoms with Gasteiger partial charge in [0.1, 0.15) is 4.90 Å². The maximum atomic E-state index is 12.1. The van der Waals surface area contributed by atoms with Crippen LogP contribution in [-0.2, 0) is 14.8 Å². The topological polar surface area (TPSA) is 102 Å². The summed E-state index contributed by atoms with van der Waals surface area (Å²) in [5.41, 5.74) is 6.74. The third kappa shape index (κ3) is 3.67. The van der Waals surface area contributed by atoms with Gasteiger partial charge < -0.3 is 15.6 Å². The monoisotopic (exact) mass is 274 g/mol. The normalized spacial score (nSPS) is 13.5. The van der Waals surface area contributed by atoms with Gasteiger partial charge in [-0.1, -0.05) is 6.07 Å². The third-order valence-corrected chi connectivity index (χ3v) is 3.96. The number of aliphatic hydroxyl groups is 1. The van der Waals surface area contributed by atoms with Gasteiger partial charge in [-0.25, -0.2) is 13.1 Å². The average Bonchev–Trinajstić information content (AvgIpc) is 2.27. The van der Waals surface area contributed by atoms with Crippen molar-refractivity contribution in [3.8, 4) is 0 Å². The number of nitrogens with one attached hydrogen (secondary N) is 1. The molecule has 4 N–H and O–H groups in total. The molecule has 18 heavy (non-hydrogen) atoms. The smallest absolute Gasteiger partial charge is 0.243 e. The first-order valence-electron chi connectivity index (χ1n) is 5.39. The van der Waals surface area contributed by atoms with Gasteiger partial charge in [0.2, 0.25) is 10.0 Å². The molecule has 0 aliphatic heterocycles. The molecule has 1 rings (SSSR count). The van der Waals surface area contributed by atoms with Crippen LogP contribution in [-0.4, -0.2) is 39.9 Å². The van der Waals surface area contributed by atoms with Gasteiger partial charge in [0.15, 0.2) is 0 Å². The van der Waals surface area contributed by atoms with Crippen molar-refractivity contribution >= 4 is 15.7 Å². The van der Waals surface area contributed by atoms with E-state index in [9.17, 15) is 8.42 Å². The van der Waals surface area contributed by atoms with Crippen molar-refractivity contribution in [3.63, 3.8) is 0 Å². The van der Waals surface area contributed by atoms with E-state index in [1.807, 2.05) is 6.92 Å². The third-order valence-electron chi connectivity index (χ3n) is 2.36. The molecule has 0 radical (unpaired) electrons. The minimum Gasteiger partial charge on any atom is -0.398 e. The quantitative estimate of drug-likeness (QED) is 0.627. The minimum atomic E-state index is -3.76. The summed E-state index contributed by atoms with van der Waals surface area (Å²) in [7, 11) is -2.33. The number of methoxy groups -OCH3 is 1. The van der Waals surface area contributed by atoms with E-state index in [1.165, 1.54) is 13.2 Å². The number of nitrogen functional groups attached to an aromatic ring is 1. The Morgan fingerprint density at radius 3 is 2.67 bits per heavy atom. The molecular weight excluding hydrogens is 256 g/mol. The van der Waals surface area contributed by atoms with Gasteiger partial charge in [-0.15, -0.1) is 0 Å². The Balaban J connectivity index is 2.99. The van der Waals surface area contributed by atoms with Gasteiger partial charge in [-0.05, 0) is 24.6 Å². The molecule has 102 valence electrons. The molecule has 0 spiro atoms. The van der Waals surface area contributed by atoms with Crippen molar-refractivity contribution in [1.82, 2.24) is 4.72 Å². The second-order valence-electron chi connectivity index (χ2n) is 4.00. The van der Waals surface area contributed by atoms with Gasteiger partial charge >= 0.3 is 0 Å². The van der Waals surface area contributed by atoms with E-state index >= 15 is 0 Å². The van der Waals surface area contributed by atoms with Crippen LogP contribution in [0.4, 0.5) is 5.69 Å². The Labute approximate surface area is 107 Å². The number of sulfonamides is 1. The van der Waals surface area contributed by atoms with E-state index in [0.717, 1.165) is 5.56 Å². The molecular formula is C11H18N2O4S. The zero-order valence-corrected chi connectivity index (χ0v) is 11.2. The number of aryl methyl sites for hydroxylation is 1. The van der Waals surface area contributed by atoms with E-state index < -0.39 is 16.1 Å². The SMILES string of the molecule is COCC(CO)NS(=O)(=O)c1ccc(C)cc1N. The highest BCUT2D eigenvalue weighted by atomic mass is 32.2. The lowest BCUT2D eigenvalue weighted by Crippen LogP contribution is -2.40. The number of anilines is 1. The summed E-state index contributed by atoms with van der Waals surface area (Å²) in [6, 6.07) is 3.99. The summed E-state index contributed by atoms with van der Waals surface area (Å²) in [6.45, 7) is 1.56. The Morgan fingerprint density at radius 2 is 2.17 bits per heavy atom. The first kappa shape index (κ1) is 14.9. The second kappa shape index (κ2) is 6.14. The summed E-state index contributed by atoms with van der Waals surface area (Å²) in [4.78, 5) is 0.00246. The molecule has 1 aromatic carbocycles. The van der Waals surface area contributed by atoms with Crippen LogP contribution in [0.1, 0.15) is 5.56 Å². The zero-order chi connectivity index (χ0) is 13.8. The predicted octanol–water partition coefficient (Wildman–Crippen LogP) is -0.137. The number of hydrogen-bond acceptors (Lipinski definition) is 5. The van der Waals surface area contributed by atoms with E-state index in [-0.39, 0.29) is 23.8 Å². The molecule has 0 amide bonds. The molecule has 0 saturated carbocycles.